The minimum absolute atomic E-state index is 0.00317. The maximum Gasteiger partial charge on any atom is 0.136 e. The van der Waals surface area contributed by atoms with E-state index >= 15 is 0 Å². The molecule has 1 aromatic heterocycles. The maximum absolute atomic E-state index is 9.99. The number of hydrogen-bond acceptors (Lipinski definition) is 1. The Morgan fingerprint density at radius 1 is 0.333 bits per heavy atom. The molecule has 1 heteroatoms. The van der Waals surface area contributed by atoms with Crippen molar-refractivity contribution in [2.75, 3.05) is 0 Å². The lowest BCUT2D eigenvalue weighted by Crippen LogP contribution is -1.91. The quantitative estimate of drug-likeness (QED) is 0.164. The van der Waals surface area contributed by atoms with Gasteiger partial charge in [0.25, 0.3) is 0 Å². The molecule has 0 radical (unpaired) electrons. The Morgan fingerprint density at radius 2 is 0.982 bits per heavy atom. The smallest absolute Gasteiger partial charge is 0.136 e. The zero-order chi connectivity index (χ0) is 48.8. The first-order chi connectivity index (χ1) is 33.7. The fourth-order valence-electron chi connectivity index (χ4n) is 8.48. The summed E-state index contributed by atoms with van der Waals surface area (Å²) in [6, 6.07) is 34.4. The van der Waals surface area contributed by atoms with E-state index in [0.29, 0.717) is 38.6 Å². The second-order valence-corrected chi connectivity index (χ2v) is 14.1. The molecule has 0 N–H and O–H groups in total. The summed E-state index contributed by atoms with van der Waals surface area (Å²) in [5.41, 5.74) is 3.95. The minimum atomic E-state index is -0.567. The number of fused-ring (bicyclic) bond motifs is 8. The molecule has 12 aromatic rings. The van der Waals surface area contributed by atoms with Gasteiger partial charge in [0.1, 0.15) is 11.2 Å². The Balaban J connectivity index is 1.13. The summed E-state index contributed by atoms with van der Waals surface area (Å²) in [6.07, 6.45) is 0. The van der Waals surface area contributed by atoms with Crippen LogP contribution < -0.4 is 0 Å². The summed E-state index contributed by atoms with van der Waals surface area (Å²) < 4.78 is 125. The van der Waals surface area contributed by atoms with Gasteiger partial charge in [-0.2, -0.15) is 0 Å². The molecule has 0 saturated heterocycles. The zero-order valence-corrected chi connectivity index (χ0v) is 30.0. The van der Waals surface area contributed by atoms with Gasteiger partial charge in [0.2, 0.25) is 0 Å². The van der Waals surface area contributed by atoms with E-state index in [-0.39, 0.29) is 68.4 Å². The molecule has 0 spiro atoms. The lowest BCUT2D eigenvalue weighted by atomic mass is 9.84. The van der Waals surface area contributed by atoms with E-state index < -0.39 is 48.3 Å². The van der Waals surface area contributed by atoms with E-state index in [4.69, 9.17) is 14.0 Å². The van der Waals surface area contributed by atoms with Gasteiger partial charge in [-0.25, -0.2) is 0 Å². The molecular weight excluding hydrogens is 689 g/mol. The highest BCUT2D eigenvalue weighted by Gasteiger charge is 2.19. The first-order valence-electron chi connectivity index (χ1n) is 25.1. The van der Waals surface area contributed by atoms with Crippen molar-refractivity contribution in [2.45, 2.75) is 0 Å². The van der Waals surface area contributed by atoms with Crippen molar-refractivity contribution in [3.8, 4) is 44.5 Å². The molecule has 264 valence electrons. The van der Waals surface area contributed by atoms with Gasteiger partial charge in [-0.15, -0.1) is 0 Å². The van der Waals surface area contributed by atoms with Crippen LogP contribution in [0.2, 0.25) is 0 Å². The van der Waals surface area contributed by atoms with E-state index in [1.807, 2.05) is 66.7 Å². The van der Waals surface area contributed by atoms with Crippen LogP contribution in [0.3, 0.4) is 0 Å². The molecule has 1 nitrogen and oxygen atoms in total. The summed E-state index contributed by atoms with van der Waals surface area (Å²) >= 11 is 0. The summed E-state index contributed by atoms with van der Waals surface area (Å²) in [7, 11) is 0. The van der Waals surface area contributed by atoms with Crippen LogP contribution in [-0.4, -0.2) is 0 Å². The predicted octanol–water partition coefficient (Wildman–Crippen LogP) is 16.0. The van der Waals surface area contributed by atoms with Crippen LogP contribution in [0, 0.1) is 0 Å². The summed E-state index contributed by atoms with van der Waals surface area (Å²) in [5.74, 6) is 0. The van der Waals surface area contributed by atoms with Gasteiger partial charge in [0.05, 0.1) is 17.8 Å². The average molecular weight is 736 g/mol. The number of furan rings is 1. The third-order valence-electron chi connectivity index (χ3n) is 11.0. The highest BCUT2D eigenvalue weighted by atomic mass is 16.3. The first-order valence-corrected chi connectivity index (χ1v) is 18.6. The molecule has 0 saturated carbocycles. The lowest BCUT2D eigenvalue weighted by Gasteiger charge is -2.19. The first kappa shape index (κ1) is 21.6. The van der Waals surface area contributed by atoms with Crippen molar-refractivity contribution in [2.24, 2.45) is 0 Å². The molecule has 0 fully saturated rings. The molecule has 0 bridgehead atoms. The van der Waals surface area contributed by atoms with Gasteiger partial charge < -0.3 is 4.42 Å². The fourth-order valence-corrected chi connectivity index (χ4v) is 8.48. The van der Waals surface area contributed by atoms with Crippen molar-refractivity contribution >= 4 is 75.8 Å². The highest BCUT2D eigenvalue weighted by molar-refractivity contribution is 6.24. The molecule has 0 aliphatic heterocycles. The van der Waals surface area contributed by atoms with Gasteiger partial charge >= 0.3 is 0 Å². The van der Waals surface area contributed by atoms with Gasteiger partial charge in [0.15, 0.2) is 0 Å². The standard InChI is InChI=1S/C56H34O/c1-3-16-42-36(12-1)14-9-22-44(42)46-24-11-25-53-56(46)51-34-39(30-31-52(51)57-53)38-28-26-35-27-29-40(33-41(35)32-38)54-47-18-5-7-20-49(47)55(50-21-8-6-19-48(50)54)45-23-10-15-37-13-2-4-17-43(37)45/h1-34H/i1D,3D,9D,12D,14D,16D,22D,26D,27D,28D,29D,32D,33D. The predicted molar refractivity (Wildman–Crippen MR) is 243 cm³/mol. The van der Waals surface area contributed by atoms with Crippen LogP contribution in [0.25, 0.3) is 120 Å². The van der Waals surface area contributed by atoms with Crippen molar-refractivity contribution in [1.82, 2.24) is 0 Å². The lowest BCUT2D eigenvalue weighted by molar-refractivity contribution is 0.669. The molecular formula is C56H34O. The van der Waals surface area contributed by atoms with E-state index in [1.165, 1.54) is 0 Å². The van der Waals surface area contributed by atoms with E-state index in [0.717, 1.165) is 43.4 Å². The topological polar surface area (TPSA) is 13.1 Å². The molecule has 0 atom stereocenters. The van der Waals surface area contributed by atoms with Crippen LogP contribution >= 0.6 is 0 Å². The van der Waals surface area contributed by atoms with Crippen LogP contribution in [0.5, 0.6) is 0 Å². The Labute approximate surface area is 347 Å². The van der Waals surface area contributed by atoms with Crippen molar-refractivity contribution in [3.63, 3.8) is 0 Å². The second kappa shape index (κ2) is 12.5. The van der Waals surface area contributed by atoms with Crippen molar-refractivity contribution in [1.29, 1.82) is 0 Å². The van der Waals surface area contributed by atoms with Gasteiger partial charge in [-0.05, 0) is 129 Å². The van der Waals surface area contributed by atoms with Crippen LogP contribution in [0.1, 0.15) is 17.8 Å². The highest BCUT2D eigenvalue weighted by Crippen LogP contribution is 2.46. The molecule has 1 heterocycles. The molecule has 0 amide bonds. The minimum Gasteiger partial charge on any atom is -0.456 e. The second-order valence-electron chi connectivity index (χ2n) is 14.1. The average Bonchev–Trinajstić information content (AvgIpc) is 3.75. The maximum atomic E-state index is 9.99. The van der Waals surface area contributed by atoms with Crippen LogP contribution in [0.15, 0.2) is 210 Å². The third-order valence-corrected chi connectivity index (χ3v) is 11.0. The molecule has 11 aromatic carbocycles. The SMILES string of the molecule is [2H]c1c(-c2ccc3oc4cccc(-c5c([2H])c([2H])c([2H])c6c([2H])c([2H])c([2H])c([2H])c56)c4c3c2)c([2H])c2c([2H])c(-c3c4ccccc4c(-c4cccc5ccccc45)c4ccccc34)c([2H])c([2H])c2c1[2H]. The number of benzene rings is 11. The Morgan fingerprint density at radius 3 is 1.81 bits per heavy atom. The zero-order valence-electron chi connectivity index (χ0n) is 43.0. The Kier molecular flexibility index (Phi) is 4.74. The van der Waals surface area contributed by atoms with Crippen molar-refractivity contribution in [3.05, 3.63) is 206 Å². The molecule has 57 heavy (non-hydrogen) atoms. The monoisotopic (exact) mass is 735 g/mol. The molecule has 0 aliphatic carbocycles. The number of hydrogen-bond donors (Lipinski definition) is 0. The Hall–Kier alpha value is -7.48. The third kappa shape index (κ3) is 4.96. The molecule has 12 rings (SSSR count). The van der Waals surface area contributed by atoms with Gasteiger partial charge in [-0.3, -0.25) is 0 Å². The normalized spacial score (nSPS) is 15.1. The van der Waals surface area contributed by atoms with Gasteiger partial charge in [-0.1, -0.05) is 176 Å². The molecule has 0 unspecified atom stereocenters. The summed E-state index contributed by atoms with van der Waals surface area (Å²) in [4.78, 5) is 0. The van der Waals surface area contributed by atoms with Crippen LogP contribution in [-0.2, 0) is 0 Å². The number of rotatable bonds is 4. The Bertz CT molecular complexity index is 4280. The van der Waals surface area contributed by atoms with E-state index in [1.54, 1.807) is 36.4 Å². The van der Waals surface area contributed by atoms with Crippen molar-refractivity contribution < 1.29 is 22.2 Å². The van der Waals surface area contributed by atoms with Crippen LogP contribution in [0.4, 0.5) is 0 Å². The molecule has 0 aliphatic rings. The summed E-state index contributed by atoms with van der Waals surface area (Å²) in [5, 5.41) is 5.69. The fraction of sp³-hybridized carbons (Fsp3) is 0. The van der Waals surface area contributed by atoms with Gasteiger partial charge in [0, 0.05) is 10.8 Å². The van der Waals surface area contributed by atoms with E-state index in [2.05, 4.69) is 24.3 Å². The summed E-state index contributed by atoms with van der Waals surface area (Å²) in [6.45, 7) is 0. The van der Waals surface area contributed by atoms with E-state index in [9.17, 15) is 8.22 Å². The largest absolute Gasteiger partial charge is 0.456 e.